The number of hydrogen-bond donors (Lipinski definition) is 1. The molecule has 1 aliphatic rings. The molecule has 2 rings (SSSR count). The molecule has 0 bridgehead atoms. The topological polar surface area (TPSA) is 40.5 Å². The summed E-state index contributed by atoms with van der Waals surface area (Å²) in [6.07, 6.45) is 5.03. The second-order valence-corrected chi connectivity index (χ2v) is 5.70. The maximum Gasteiger partial charge on any atom is 0.345 e. The fourth-order valence-corrected chi connectivity index (χ4v) is 3.30. The first-order chi connectivity index (χ1) is 8.20. The number of hydrogen-bond acceptors (Lipinski definition) is 3. The van der Waals surface area contributed by atoms with E-state index in [9.17, 15) is 4.79 Å². The zero-order valence-corrected chi connectivity index (χ0v) is 11.0. The van der Waals surface area contributed by atoms with E-state index in [4.69, 9.17) is 5.11 Å². The second kappa shape index (κ2) is 5.54. The predicted octanol–water partition coefficient (Wildman–Crippen LogP) is 3.46. The van der Waals surface area contributed by atoms with E-state index in [0.717, 1.165) is 24.0 Å². The summed E-state index contributed by atoms with van der Waals surface area (Å²) in [7, 11) is 0. The van der Waals surface area contributed by atoms with Crippen molar-refractivity contribution in [2.45, 2.75) is 32.6 Å². The third-order valence-electron chi connectivity index (χ3n) is 3.54. The molecule has 1 aliphatic heterocycles. The van der Waals surface area contributed by atoms with Gasteiger partial charge in [-0.05, 0) is 37.3 Å². The average Bonchev–Trinajstić information content (AvgIpc) is 2.68. The highest BCUT2D eigenvalue weighted by atomic mass is 32.1. The van der Waals surface area contributed by atoms with Crippen LogP contribution in [-0.2, 0) is 0 Å². The summed E-state index contributed by atoms with van der Waals surface area (Å²) >= 11 is 1.39. The van der Waals surface area contributed by atoms with Gasteiger partial charge in [-0.1, -0.05) is 13.3 Å². The Labute approximate surface area is 106 Å². The minimum Gasteiger partial charge on any atom is -0.477 e. The lowest BCUT2D eigenvalue weighted by Gasteiger charge is -2.20. The molecule has 1 atom stereocenters. The second-order valence-electron chi connectivity index (χ2n) is 4.64. The van der Waals surface area contributed by atoms with Gasteiger partial charge in [0.2, 0.25) is 0 Å². The van der Waals surface area contributed by atoms with Gasteiger partial charge >= 0.3 is 5.97 Å². The number of carboxylic acids is 1. The first-order valence-corrected chi connectivity index (χ1v) is 7.10. The number of anilines is 1. The van der Waals surface area contributed by atoms with Crippen molar-refractivity contribution >= 4 is 22.3 Å². The Morgan fingerprint density at radius 3 is 2.94 bits per heavy atom. The van der Waals surface area contributed by atoms with Crippen molar-refractivity contribution < 1.29 is 9.90 Å². The Bertz CT molecular complexity index is 389. The molecule has 0 amide bonds. The fourth-order valence-electron chi connectivity index (χ4n) is 2.41. The molecule has 1 aromatic heterocycles. The number of thiophene rings is 1. The van der Waals surface area contributed by atoms with Crippen molar-refractivity contribution in [2.75, 3.05) is 18.0 Å². The molecule has 1 saturated heterocycles. The molecular formula is C13H19NO2S. The molecule has 2 heterocycles. The summed E-state index contributed by atoms with van der Waals surface area (Å²) in [5.41, 5.74) is 0. The molecule has 0 saturated carbocycles. The standard InChI is InChI=1S/C13H19NO2S/c1-2-10-4-3-8-14(9-7-10)12-6-5-11(17-12)13(15)16/h5-6,10H,2-4,7-9H2,1H3,(H,15,16). The highest BCUT2D eigenvalue weighted by Gasteiger charge is 2.18. The van der Waals surface area contributed by atoms with Crippen LogP contribution in [0.3, 0.4) is 0 Å². The van der Waals surface area contributed by atoms with Crippen LogP contribution in [0.1, 0.15) is 42.3 Å². The van der Waals surface area contributed by atoms with Crippen molar-refractivity contribution in [3.8, 4) is 0 Å². The van der Waals surface area contributed by atoms with E-state index in [0.29, 0.717) is 4.88 Å². The number of carbonyl (C=O) groups is 1. The minimum atomic E-state index is -0.817. The molecule has 0 radical (unpaired) electrons. The van der Waals surface area contributed by atoms with Crippen LogP contribution in [0.2, 0.25) is 0 Å². The summed E-state index contributed by atoms with van der Waals surface area (Å²) in [6.45, 7) is 4.39. The summed E-state index contributed by atoms with van der Waals surface area (Å²) in [5, 5.41) is 10.0. The highest BCUT2D eigenvalue weighted by Crippen LogP contribution is 2.30. The molecule has 1 N–H and O–H groups in total. The van der Waals surface area contributed by atoms with Crippen molar-refractivity contribution in [3.05, 3.63) is 17.0 Å². The van der Waals surface area contributed by atoms with Gasteiger partial charge in [-0.2, -0.15) is 0 Å². The smallest absolute Gasteiger partial charge is 0.345 e. The normalized spacial score (nSPS) is 21.2. The number of rotatable bonds is 3. The SMILES string of the molecule is CCC1CCCN(c2ccc(C(=O)O)s2)CC1. The molecule has 3 nitrogen and oxygen atoms in total. The molecule has 0 aromatic carbocycles. The van der Waals surface area contributed by atoms with Gasteiger partial charge in [0, 0.05) is 13.1 Å². The third kappa shape index (κ3) is 3.00. The van der Waals surface area contributed by atoms with Crippen LogP contribution in [0.15, 0.2) is 12.1 Å². The zero-order valence-electron chi connectivity index (χ0n) is 10.2. The summed E-state index contributed by atoms with van der Waals surface area (Å²) in [4.78, 5) is 13.6. The Morgan fingerprint density at radius 2 is 2.29 bits per heavy atom. The Morgan fingerprint density at radius 1 is 1.47 bits per heavy atom. The van der Waals surface area contributed by atoms with Crippen LogP contribution in [0, 0.1) is 5.92 Å². The molecule has 4 heteroatoms. The van der Waals surface area contributed by atoms with Gasteiger partial charge in [0.05, 0.1) is 5.00 Å². The number of nitrogens with zero attached hydrogens (tertiary/aromatic N) is 1. The van der Waals surface area contributed by atoms with Crippen molar-refractivity contribution in [1.82, 2.24) is 0 Å². The lowest BCUT2D eigenvalue weighted by Crippen LogP contribution is -2.23. The average molecular weight is 253 g/mol. The van der Waals surface area contributed by atoms with Crippen LogP contribution in [0.25, 0.3) is 0 Å². The van der Waals surface area contributed by atoms with Crippen LogP contribution < -0.4 is 4.90 Å². The molecule has 1 unspecified atom stereocenters. The molecule has 0 aliphatic carbocycles. The van der Waals surface area contributed by atoms with Crippen LogP contribution in [0.5, 0.6) is 0 Å². The maximum absolute atomic E-state index is 10.9. The van der Waals surface area contributed by atoms with Gasteiger partial charge in [-0.3, -0.25) is 0 Å². The van der Waals surface area contributed by atoms with E-state index in [1.165, 1.54) is 37.0 Å². The van der Waals surface area contributed by atoms with Gasteiger partial charge in [0.15, 0.2) is 0 Å². The van der Waals surface area contributed by atoms with E-state index in [2.05, 4.69) is 11.8 Å². The third-order valence-corrected chi connectivity index (χ3v) is 4.67. The Balaban J connectivity index is 2.03. The lowest BCUT2D eigenvalue weighted by atomic mass is 9.98. The quantitative estimate of drug-likeness (QED) is 0.896. The van der Waals surface area contributed by atoms with E-state index >= 15 is 0 Å². The predicted molar refractivity (Wildman–Crippen MR) is 71.1 cm³/mol. The number of aromatic carboxylic acids is 1. The van der Waals surface area contributed by atoms with Gasteiger partial charge in [0.1, 0.15) is 4.88 Å². The van der Waals surface area contributed by atoms with Crippen LogP contribution in [-0.4, -0.2) is 24.2 Å². The van der Waals surface area contributed by atoms with Crippen LogP contribution >= 0.6 is 11.3 Å². The van der Waals surface area contributed by atoms with E-state index in [-0.39, 0.29) is 0 Å². The van der Waals surface area contributed by atoms with Crippen molar-refractivity contribution in [1.29, 1.82) is 0 Å². The first-order valence-electron chi connectivity index (χ1n) is 6.28. The molecule has 17 heavy (non-hydrogen) atoms. The largest absolute Gasteiger partial charge is 0.477 e. The van der Waals surface area contributed by atoms with Gasteiger partial charge < -0.3 is 10.0 Å². The minimum absolute atomic E-state index is 0.441. The molecule has 1 fully saturated rings. The molecular weight excluding hydrogens is 234 g/mol. The van der Waals surface area contributed by atoms with Gasteiger partial charge in [0.25, 0.3) is 0 Å². The van der Waals surface area contributed by atoms with Crippen molar-refractivity contribution in [2.24, 2.45) is 5.92 Å². The highest BCUT2D eigenvalue weighted by molar-refractivity contribution is 7.17. The number of carboxylic acid groups (broad SMARTS) is 1. The molecule has 1 aromatic rings. The van der Waals surface area contributed by atoms with Gasteiger partial charge in [-0.15, -0.1) is 11.3 Å². The summed E-state index contributed by atoms with van der Waals surface area (Å²) < 4.78 is 0. The summed E-state index contributed by atoms with van der Waals surface area (Å²) in [5.74, 6) is 0.0291. The van der Waals surface area contributed by atoms with Crippen LogP contribution in [0.4, 0.5) is 5.00 Å². The lowest BCUT2D eigenvalue weighted by molar-refractivity contribution is 0.0702. The van der Waals surface area contributed by atoms with E-state index < -0.39 is 5.97 Å². The molecule has 94 valence electrons. The van der Waals surface area contributed by atoms with Crippen molar-refractivity contribution in [3.63, 3.8) is 0 Å². The first kappa shape index (κ1) is 12.4. The van der Waals surface area contributed by atoms with E-state index in [1.54, 1.807) is 6.07 Å². The zero-order chi connectivity index (χ0) is 12.3. The maximum atomic E-state index is 10.9. The Hall–Kier alpha value is -1.03. The molecule has 0 spiro atoms. The Kier molecular flexibility index (Phi) is 4.05. The fraction of sp³-hybridized carbons (Fsp3) is 0.615. The van der Waals surface area contributed by atoms with E-state index in [1.807, 2.05) is 6.07 Å². The van der Waals surface area contributed by atoms with Gasteiger partial charge in [-0.25, -0.2) is 4.79 Å². The summed E-state index contributed by atoms with van der Waals surface area (Å²) in [6, 6.07) is 3.66. The monoisotopic (exact) mass is 253 g/mol.